The van der Waals surface area contributed by atoms with Gasteiger partial charge in [-0.3, -0.25) is 4.57 Å². The Balaban J connectivity index is 1.93. The van der Waals surface area contributed by atoms with Crippen LogP contribution in [-0.4, -0.2) is 9.55 Å². The Labute approximate surface area is 146 Å². The van der Waals surface area contributed by atoms with Crippen LogP contribution in [0.25, 0.3) is 27.6 Å². The highest BCUT2D eigenvalue weighted by Crippen LogP contribution is 2.34. The van der Waals surface area contributed by atoms with Gasteiger partial charge >= 0.3 is 0 Å². The summed E-state index contributed by atoms with van der Waals surface area (Å²) in [5, 5.41) is 2.20. The number of aromatic nitrogens is 2. The molecule has 0 saturated heterocycles. The van der Waals surface area contributed by atoms with Gasteiger partial charge in [0.2, 0.25) is 0 Å². The van der Waals surface area contributed by atoms with Crippen molar-refractivity contribution in [2.75, 3.05) is 0 Å². The number of para-hydroxylation sites is 1. The van der Waals surface area contributed by atoms with Crippen LogP contribution in [-0.2, 0) is 0 Å². The predicted octanol–water partition coefficient (Wildman–Crippen LogP) is 5.88. The average molecular weight is 330 g/mol. The summed E-state index contributed by atoms with van der Waals surface area (Å²) < 4.78 is 2.18. The molecule has 0 aliphatic heterocycles. The number of rotatable bonds is 3. The molecule has 0 bridgehead atoms. The number of benzene rings is 2. The van der Waals surface area contributed by atoms with Gasteiger partial charge in [-0.05, 0) is 42.5 Å². The molecule has 2 nitrogen and oxygen atoms in total. The molecule has 0 aliphatic carbocycles. The number of thiophene rings is 1. The maximum atomic E-state index is 4.97. The molecule has 118 valence electrons. The van der Waals surface area contributed by atoms with Gasteiger partial charge in [-0.2, -0.15) is 0 Å². The van der Waals surface area contributed by atoms with Gasteiger partial charge in [0.15, 0.2) is 0 Å². The van der Waals surface area contributed by atoms with E-state index in [4.69, 9.17) is 4.98 Å². The lowest BCUT2D eigenvalue weighted by molar-refractivity contribution is 1.07. The minimum Gasteiger partial charge on any atom is -0.299 e. The van der Waals surface area contributed by atoms with Crippen LogP contribution in [0.3, 0.4) is 0 Å². The van der Waals surface area contributed by atoms with E-state index in [1.165, 1.54) is 16.0 Å². The zero-order valence-corrected chi connectivity index (χ0v) is 14.5. The topological polar surface area (TPSA) is 17.8 Å². The number of aryl methyl sites for hydroxylation is 1. The van der Waals surface area contributed by atoms with E-state index in [0.29, 0.717) is 0 Å². The third kappa shape index (κ3) is 2.57. The Morgan fingerprint density at radius 1 is 0.875 bits per heavy atom. The molecular formula is C21H18N2S. The van der Waals surface area contributed by atoms with Crippen molar-refractivity contribution in [1.82, 2.24) is 9.55 Å². The van der Waals surface area contributed by atoms with Crippen molar-refractivity contribution >= 4 is 11.3 Å². The van der Waals surface area contributed by atoms with E-state index < -0.39 is 0 Å². The van der Waals surface area contributed by atoms with E-state index in [2.05, 4.69) is 78.5 Å². The van der Waals surface area contributed by atoms with Crippen molar-refractivity contribution in [2.45, 2.75) is 13.8 Å². The summed E-state index contributed by atoms with van der Waals surface area (Å²) in [5.41, 5.74) is 5.93. The Kier molecular flexibility index (Phi) is 3.79. The summed E-state index contributed by atoms with van der Waals surface area (Å²) in [5.74, 6) is 0.974. The zero-order chi connectivity index (χ0) is 16.5. The standard InChI is InChI=1S/C21H18N2S/c1-15-14-24-20(16(15)2)19-13-23(18-11-7-4-8-12-18)21(22-19)17-9-5-3-6-10-17/h3-14H,1-2H3. The highest BCUT2D eigenvalue weighted by molar-refractivity contribution is 7.13. The Bertz CT molecular complexity index is 909. The first-order valence-electron chi connectivity index (χ1n) is 7.99. The molecule has 2 heterocycles. The first-order valence-corrected chi connectivity index (χ1v) is 8.87. The normalized spacial score (nSPS) is 10.9. The molecule has 0 aliphatic rings. The molecule has 0 radical (unpaired) electrons. The number of imidazole rings is 1. The largest absolute Gasteiger partial charge is 0.299 e. The van der Waals surface area contributed by atoms with Gasteiger partial charge in [-0.25, -0.2) is 4.98 Å². The highest BCUT2D eigenvalue weighted by Gasteiger charge is 2.15. The van der Waals surface area contributed by atoms with Crippen LogP contribution in [0, 0.1) is 13.8 Å². The molecule has 0 spiro atoms. The van der Waals surface area contributed by atoms with Crippen molar-refractivity contribution in [1.29, 1.82) is 0 Å². The van der Waals surface area contributed by atoms with E-state index in [0.717, 1.165) is 22.8 Å². The van der Waals surface area contributed by atoms with Crippen molar-refractivity contribution in [3.05, 3.63) is 83.4 Å². The van der Waals surface area contributed by atoms with Gasteiger partial charge in [0.05, 0.1) is 10.6 Å². The second-order valence-electron chi connectivity index (χ2n) is 5.89. The molecule has 2 aromatic heterocycles. The second-order valence-corrected chi connectivity index (χ2v) is 6.77. The summed E-state index contributed by atoms with van der Waals surface area (Å²) in [6.07, 6.45) is 2.15. The summed E-state index contributed by atoms with van der Waals surface area (Å²) in [4.78, 5) is 6.22. The van der Waals surface area contributed by atoms with Crippen LogP contribution in [0.15, 0.2) is 72.2 Å². The first kappa shape index (κ1) is 14.9. The predicted molar refractivity (Wildman–Crippen MR) is 102 cm³/mol. The minimum atomic E-state index is 0.974. The molecular weight excluding hydrogens is 312 g/mol. The lowest BCUT2D eigenvalue weighted by Gasteiger charge is -2.07. The number of nitrogens with zero attached hydrogens (tertiary/aromatic N) is 2. The lowest BCUT2D eigenvalue weighted by atomic mass is 10.2. The number of hydrogen-bond acceptors (Lipinski definition) is 2. The van der Waals surface area contributed by atoms with Crippen LogP contribution in [0.2, 0.25) is 0 Å². The molecule has 0 unspecified atom stereocenters. The average Bonchev–Trinajstić information content (AvgIpc) is 3.21. The van der Waals surface area contributed by atoms with Crippen molar-refractivity contribution in [2.24, 2.45) is 0 Å². The molecule has 0 amide bonds. The van der Waals surface area contributed by atoms with E-state index in [-0.39, 0.29) is 0 Å². The lowest BCUT2D eigenvalue weighted by Crippen LogP contribution is -1.95. The monoisotopic (exact) mass is 330 g/mol. The third-order valence-electron chi connectivity index (χ3n) is 4.29. The van der Waals surface area contributed by atoms with E-state index >= 15 is 0 Å². The number of hydrogen-bond donors (Lipinski definition) is 0. The molecule has 0 fully saturated rings. The quantitative estimate of drug-likeness (QED) is 0.458. The first-order chi connectivity index (χ1) is 11.7. The fourth-order valence-electron chi connectivity index (χ4n) is 2.82. The summed E-state index contributed by atoms with van der Waals surface area (Å²) in [7, 11) is 0. The van der Waals surface area contributed by atoms with E-state index in [1.54, 1.807) is 11.3 Å². The third-order valence-corrected chi connectivity index (χ3v) is 5.51. The zero-order valence-electron chi connectivity index (χ0n) is 13.7. The van der Waals surface area contributed by atoms with Gasteiger partial charge in [0.1, 0.15) is 5.82 Å². The molecule has 24 heavy (non-hydrogen) atoms. The smallest absolute Gasteiger partial charge is 0.145 e. The fraction of sp³-hybridized carbons (Fsp3) is 0.0952. The molecule has 4 aromatic rings. The SMILES string of the molecule is Cc1csc(-c2cn(-c3ccccc3)c(-c3ccccc3)n2)c1C. The Hall–Kier alpha value is -2.65. The van der Waals surface area contributed by atoms with Gasteiger partial charge in [-0.1, -0.05) is 48.5 Å². The van der Waals surface area contributed by atoms with Crippen LogP contribution in [0.5, 0.6) is 0 Å². The Morgan fingerprint density at radius 3 is 2.17 bits per heavy atom. The van der Waals surface area contributed by atoms with Crippen molar-refractivity contribution in [3.63, 3.8) is 0 Å². The maximum absolute atomic E-state index is 4.97. The van der Waals surface area contributed by atoms with Gasteiger partial charge in [-0.15, -0.1) is 11.3 Å². The molecule has 0 N–H and O–H groups in total. The fourth-order valence-corrected chi connectivity index (χ4v) is 3.85. The van der Waals surface area contributed by atoms with Crippen LogP contribution in [0.4, 0.5) is 0 Å². The van der Waals surface area contributed by atoms with Crippen LogP contribution >= 0.6 is 11.3 Å². The van der Waals surface area contributed by atoms with Gasteiger partial charge in [0, 0.05) is 17.4 Å². The summed E-state index contributed by atoms with van der Waals surface area (Å²) in [6.45, 7) is 4.33. The Morgan fingerprint density at radius 2 is 1.54 bits per heavy atom. The van der Waals surface area contributed by atoms with E-state index in [9.17, 15) is 0 Å². The van der Waals surface area contributed by atoms with Crippen molar-refractivity contribution < 1.29 is 0 Å². The highest BCUT2D eigenvalue weighted by atomic mass is 32.1. The molecule has 0 saturated carbocycles. The van der Waals surface area contributed by atoms with Crippen molar-refractivity contribution in [3.8, 4) is 27.6 Å². The molecule has 4 rings (SSSR count). The van der Waals surface area contributed by atoms with Gasteiger partial charge < -0.3 is 0 Å². The summed E-state index contributed by atoms with van der Waals surface area (Å²) in [6, 6.07) is 20.8. The minimum absolute atomic E-state index is 0.974. The van der Waals surface area contributed by atoms with Crippen LogP contribution < -0.4 is 0 Å². The van der Waals surface area contributed by atoms with Gasteiger partial charge in [0.25, 0.3) is 0 Å². The van der Waals surface area contributed by atoms with Crippen LogP contribution in [0.1, 0.15) is 11.1 Å². The molecule has 0 atom stereocenters. The molecule has 3 heteroatoms. The summed E-state index contributed by atoms with van der Waals surface area (Å²) >= 11 is 1.77. The van der Waals surface area contributed by atoms with E-state index in [1.807, 2.05) is 12.1 Å². The molecule has 2 aromatic carbocycles. The second kappa shape index (κ2) is 6.10. The maximum Gasteiger partial charge on any atom is 0.145 e.